The van der Waals surface area contributed by atoms with Gasteiger partial charge < -0.3 is 24.1 Å². The highest BCUT2D eigenvalue weighted by Crippen LogP contribution is 2.35. The van der Waals surface area contributed by atoms with Crippen LogP contribution < -0.4 is 16.0 Å². The Bertz CT molecular complexity index is 1140. The summed E-state index contributed by atoms with van der Waals surface area (Å²) in [6.45, 7) is 1.16. The van der Waals surface area contributed by atoms with Crippen molar-refractivity contribution in [3.63, 3.8) is 0 Å². The van der Waals surface area contributed by atoms with Gasteiger partial charge >= 0.3 is 5.63 Å². The maximum Gasteiger partial charge on any atom is 0.340 e. The molecule has 7 heteroatoms. The van der Waals surface area contributed by atoms with Crippen molar-refractivity contribution in [3.8, 4) is 0 Å². The molecule has 0 spiro atoms. The first-order chi connectivity index (χ1) is 12.9. The number of rotatable bonds is 4. The van der Waals surface area contributed by atoms with Crippen LogP contribution in [0.3, 0.4) is 0 Å². The van der Waals surface area contributed by atoms with Crippen molar-refractivity contribution in [2.75, 3.05) is 6.54 Å². The minimum atomic E-state index is -1.39. The molecule has 140 valence electrons. The Hall–Kier alpha value is -3.09. The van der Waals surface area contributed by atoms with Crippen molar-refractivity contribution in [2.45, 2.75) is 39.0 Å². The number of furan rings is 1. The molecule has 7 nitrogen and oxygen atoms in total. The molecule has 1 amide bonds. The molecule has 0 unspecified atom stereocenters. The Morgan fingerprint density at radius 1 is 1.11 bits per heavy atom. The fraction of sp³-hybridized carbons (Fsp3) is 0.350. The molecule has 0 atom stereocenters. The summed E-state index contributed by atoms with van der Waals surface area (Å²) in [4.78, 5) is 34.7. The van der Waals surface area contributed by atoms with E-state index in [1.807, 2.05) is 6.07 Å². The number of fused-ring (bicyclic) bond motifs is 4. The second kappa shape index (κ2) is 6.57. The van der Waals surface area contributed by atoms with E-state index < -0.39 is 24.0 Å². The van der Waals surface area contributed by atoms with Crippen LogP contribution in [-0.4, -0.2) is 18.4 Å². The van der Waals surface area contributed by atoms with Crippen LogP contribution >= 0.6 is 0 Å². The lowest BCUT2D eigenvalue weighted by molar-refractivity contribution is -0.304. The molecule has 0 saturated carbocycles. The summed E-state index contributed by atoms with van der Waals surface area (Å²) in [5, 5.41) is 14.4. The number of carboxylic acids is 1. The Morgan fingerprint density at radius 3 is 2.63 bits per heavy atom. The van der Waals surface area contributed by atoms with Crippen LogP contribution in [0.25, 0.3) is 21.9 Å². The van der Waals surface area contributed by atoms with Gasteiger partial charge in [-0.25, -0.2) is 4.79 Å². The number of carbonyl (C=O) groups is 2. The van der Waals surface area contributed by atoms with Gasteiger partial charge in [-0.1, -0.05) is 0 Å². The van der Waals surface area contributed by atoms with Gasteiger partial charge in [0.15, 0.2) is 0 Å². The van der Waals surface area contributed by atoms with E-state index in [2.05, 4.69) is 5.32 Å². The highest BCUT2D eigenvalue weighted by Gasteiger charge is 2.21. The number of carboxylic acid groups (broad SMARTS) is 1. The molecule has 1 aromatic carbocycles. The van der Waals surface area contributed by atoms with E-state index in [0.717, 1.165) is 42.2 Å². The molecule has 0 aliphatic heterocycles. The van der Waals surface area contributed by atoms with Crippen LogP contribution in [0.5, 0.6) is 0 Å². The van der Waals surface area contributed by atoms with Crippen molar-refractivity contribution in [3.05, 3.63) is 45.0 Å². The third-order valence-electron chi connectivity index (χ3n) is 5.13. The summed E-state index contributed by atoms with van der Waals surface area (Å²) in [6.07, 6.45) is 3.84. The van der Waals surface area contributed by atoms with Crippen LogP contribution in [0.15, 0.2) is 25.8 Å². The topological polar surface area (TPSA) is 113 Å². The minimum Gasteiger partial charge on any atom is -0.548 e. The second-order valence-electron chi connectivity index (χ2n) is 6.87. The number of carbonyl (C=O) groups excluding carboxylic acids is 2. The van der Waals surface area contributed by atoms with Gasteiger partial charge in [0.2, 0.25) is 5.91 Å². The highest BCUT2D eigenvalue weighted by atomic mass is 16.4. The molecule has 0 fully saturated rings. The van der Waals surface area contributed by atoms with Crippen LogP contribution in [-0.2, 0) is 28.9 Å². The maximum atomic E-state index is 12.4. The number of hydrogen-bond acceptors (Lipinski definition) is 6. The Labute approximate surface area is 154 Å². The smallest absolute Gasteiger partial charge is 0.340 e. The van der Waals surface area contributed by atoms with Gasteiger partial charge in [-0.3, -0.25) is 4.79 Å². The average molecular weight is 368 g/mol. The summed E-state index contributed by atoms with van der Waals surface area (Å²) >= 11 is 0. The van der Waals surface area contributed by atoms with Crippen molar-refractivity contribution < 1.29 is 23.5 Å². The average Bonchev–Trinajstić information content (AvgIpc) is 2.99. The van der Waals surface area contributed by atoms with E-state index in [4.69, 9.17) is 8.83 Å². The van der Waals surface area contributed by atoms with Crippen LogP contribution in [0.2, 0.25) is 0 Å². The molecule has 1 aliphatic carbocycles. The van der Waals surface area contributed by atoms with Crippen LogP contribution in [0.4, 0.5) is 0 Å². The van der Waals surface area contributed by atoms with E-state index in [9.17, 15) is 19.5 Å². The van der Waals surface area contributed by atoms with Gasteiger partial charge in [-0.15, -0.1) is 0 Å². The maximum absolute atomic E-state index is 12.4. The molecule has 27 heavy (non-hydrogen) atoms. The molecule has 2 aromatic heterocycles. The second-order valence-corrected chi connectivity index (χ2v) is 6.87. The fourth-order valence-electron chi connectivity index (χ4n) is 3.74. The quantitative estimate of drug-likeness (QED) is 0.691. The zero-order valence-corrected chi connectivity index (χ0v) is 14.8. The molecule has 0 bridgehead atoms. The number of hydrogen-bond donors (Lipinski definition) is 1. The monoisotopic (exact) mass is 368 g/mol. The predicted molar refractivity (Wildman–Crippen MR) is 95.4 cm³/mol. The van der Waals surface area contributed by atoms with Gasteiger partial charge in [0, 0.05) is 28.8 Å². The summed E-state index contributed by atoms with van der Waals surface area (Å²) in [5.74, 6) is -0.970. The molecule has 1 aliphatic rings. The molecular formula is C20H18NO6-. The van der Waals surface area contributed by atoms with Gasteiger partial charge in [0.05, 0.1) is 24.5 Å². The van der Waals surface area contributed by atoms with Gasteiger partial charge in [0.1, 0.15) is 16.9 Å². The van der Waals surface area contributed by atoms with Crippen molar-refractivity contribution in [2.24, 2.45) is 0 Å². The van der Waals surface area contributed by atoms with E-state index in [1.165, 1.54) is 5.56 Å². The predicted octanol–water partition coefficient (Wildman–Crippen LogP) is 1.14. The number of benzene rings is 1. The van der Waals surface area contributed by atoms with E-state index >= 15 is 0 Å². The van der Waals surface area contributed by atoms with Gasteiger partial charge in [-0.2, -0.15) is 0 Å². The summed E-state index contributed by atoms with van der Waals surface area (Å²) in [6, 6.07) is 3.69. The fourth-order valence-corrected chi connectivity index (χ4v) is 3.74. The zero-order valence-electron chi connectivity index (χ0n) is 14.8. The third kappa shape index (κ3) is 3.09. The van der Waals surface area contributed by atoms with Gasteiger partial charge in [0.25, 0.3) is 0 Å². The molecule has 0 saturated heterocycles. The summed E-state index contributed by atoms with van der Waals surface area (Å²) in [5.41, 5.74) is 2.58. The summed E-state index contributed by atoms with van der Waals surface area (Å²) in [7, 11) is 0. The molecule has 4 rings (SSSR count). The summed E-state index contributed by atoms with van der Waals surface area (Å²) < 4.78 is 11.4. The first-order valence-electron chi connectivity index (χ1n) is 8.91. The van der Waals surface area contributed by atoms with E-state index in [1.54, 1.807) is 13.0 Å². The number of amides is 1. The van der Waals surface area contributed by atoms with Crippen LogP contribution in [0.1, 0.15) is 35.3 Å². The Balaban J connectivity index is 1.79. The molecular weight excluding hydrogens is 350 g/mol. The largest absolute Gasteiger partial charge is 0.548 e. The SMILES string of the molecule is Cc1c(CC(=O)NCC(=O)[O-])c(=O)oc2cc3oc4c(c3cc12)CCCC4. The standard InChI is InChI=1S/C20H19NO6/c1-10-12-6-14-11-4-2-3-5-15(11)26-17(14)8-16(12)27-20(25)13(10)7-18(22)21-9-19(23)24/h6,8H,2-5,7,9H2,1H3,(H,21,22)(H,23,24)/p-1. The first kappa shape index (κ1) is 17.3. The molecule has 2 heterocycles. The van der Waals surface area contributed by atoms with Gasteiger partial charge in [-0.05, 0) is 37.8 Å². The molecule has 1 N–H and O–H groups in total. The number of nitrogens with one attached hydrogen (secondary N) is 1. The van der Waals surface area contributed by atoms with Crippen molar-refractivity contribution in [1.82, 2.24) is 5.32 Å². The normalized spacial score (nSPS) is 13.7. The lowest BCUT2D eigenvalue weighted by Crippen LogP contribution is -2.38. The van der Waals surface area contributed by atoms with Crippen molar-refractivity contribution in [1.29, 1.82) is 0 Å². The Kier molecular flexibility index (Phi) is 4.22. The first-order valence-corrected chi connectivity index (χ1v) is 8.91. The van der Waals surface area contributed by atoms with E-state index in [0.29, 0.717) is 16.7 Å². The number of aryl methyl sites for hydroxylation is 3. The minimum absolute atomic E-state index is 0.218. The number of aliphatic carboxylic acids is 1. The molecule has 0 radical (unpaired) electrons. The van der Waals surface area contributed by atoms with Crippen LogP contribution in [0, 0.1) is 6.92 Å². The van der Waals surface area contributed by atoms with Crippen molar-refractivity contribution >= 4 is 33.8 Å². The lowest BCUT2D eigenvalue weighted by Gasteiger charge is -2.10. The highest BCUT2D eigenvalue weighted by molar-refractivity contribution is 5.97. The Morgan fingerprint density at radius 2 is 1.85 bits per heavy atom. The third-order valence-corrected chi connectivity index (χ3v) is 5.13. The zero-order chi connectivity index (χ0) is 19.1. The lowest BCUT2D eigenvalue weighted by atomic mass is 9.94. The van der Waals surface area contributed by atoms with E-state index in [-0.39, 0.29) is 12.0 Å². The molecule has 3 aromatic rings.